The van der Waals surface area contributed by atoms with E-state index < -0.39 is 0 Å². The second-order valence-corrected chi connectivity index (χ2v) is 10.3. The van der Waals surface area contributed by atoms with Gasteiger partial charge in [0.05, 0.1) is 6.67 Å². The van der Waals surface area contributed by atoms with E-state index >= 15 is 0 Å². The number of likely N-dealkylation sites (tertiary alicyclic amines) is 1. The third-order valence-corrected chi connectivity index (χ3v) is 7.67. The topological polar surface area (TPSA) is 47.6 Å². The zero-order chi connectivity index (χ0) is 21.9. The Morgan fingerprint density at radius 2 is 2.20 bits per heavy atom. The molecular weight excluding hydrogens is 396 g/mol. The molecule has 1 amide bonds. The number of hydrazine groups is 1. The van der Waals surface area contributed by atoms with Crippen LogP contribution in [0.3, 0.4) is 0 Å². The molecule has 0 aromatic carbocycles. The predicted molar refractivity (Wildman–Crippen MR) is 125 cm³/mol. The molecule has 6 heteroatoms. The molecule has 3 rings (SSSR count). The minimum atomic E-state index is 0.0987. The molecule has 0 bridgehead atoms. The molecule has 3 aliphatic rings. The first kappa shape index (κ1) is 23.5. The average molecular weight is 435 g/mol. The minimum Gasteiger partial charge on any atom is -0.338 e. The van der Waals surface area contributed by atoms with Gasteiger partial charge in [-0.3, -0.25) is 4.79 Å². The Kier molecular flexibility index (Phi) is 7.49. The maximum atomic E-state index is 13.0. The summed E-state index contributed by atoms with van der Waals surface area (Å²) in [4.78, 5) is 15.1. The monoisotopic (exact) mass is 434 g/mol. The number of nitrogens with zero attached hydrogens (tertiary/aromatic N) is 2. The number of hydrogen-bond donors (Lipinski definition) is 2. The van der Waals surface area contributed by atoms with Crippen LogP contribution >= 0.6 is 11.6 Å². The fraction of sp³-hybridized carbons (Fsp3) is 0.708. The lowest BCUT2D eigenvalue weighted by molar-refractivity contribution is -0.127. The summed E-state index contributed by atoms with van der Waals surface area (Å²) in [7, 11) is 0. The largest absolute Gasteiger partial charge is 0.338 e. The van der Waals surface area contributed by atoms with E-state index in [4.69, 9.17) is 11.6 Å². The van der Waals surface area contributed by atoms with E-state index in [1.165, 1.54) is 6.42 Å². The summed E-state index contributed by atoms with van der Waals surface area (Å²) in [5, 5.41) is 6.35. The third-order valence-electron chi connectivity index (χ3n) is 7.52. The van der Waals surface area contributed by atoms with Crippen molar-refractivity contribution in [3.63, 3.8) is 0 Å². The number of amides is 1. The number of halogens is 1. The van der Waals surface area contributed by atoms with Crippen molar-refractivity contribution in [3.05, 3.63) is 35.9 Å². The van der Waals surface area contributed by atoms with Crippen molar-refractivity contribution in [2.75, 3.05) is 32.8 Å². The Morgan fingerprint density at radius 1 is 1.43 bits per heavy atom. The van der Waals surface area contributed by atoms with Crippen LogP contribution < -0.4 is 10.7 Å². The fourth-order valence-electron chi connectivity index (χ4n) is 5.33. The molecule has 0 aromatic rings. The zero-order valence-electron chi connectivity index (χ0n) is 19.0. The van der Waals surface area contributed by atoms with Crippen molar-refractivity contribution >= 4 is 17.5 Å². The predicted octanol–water partition coefficient (Wildman–Crippen LogP) is 4.04. The maximum absolute atomic E-state index is 13.0. The van der Waals surface area contributed by atoms with Gasteiger partial charge in [-0.2, -0.15) is 0 Å². The molecule has 2 heterocycles. The number of rotatable bonds is 10. The molecule has 0 spiro atoms. The molecule has 2 saturated heterocycles. The lowest BCUT2D eigenvalue weighted by Crippen LogP contribution is -2.61. The van der Waals surface area contributed by atoms with Crippen LogP contribution in [0.1, 0.15) is 52.9 Å². The van der Waals surface area contributed by atoms with Crippen molar-refractivity contribution < 1.29 is 4.79 Å². The summed E-state index contributed by atoms with van der Waals surface area (Å²) in [5.41, 5.74) is 4.48. The number of carbonyl (C=O) groups is 1. The highest BCUT2D eigenvalue weighted by atomic mass is 35.5. The van der Waals surface area contributed by atoms with Crippen molar-refractivity contribution in [1.82, 2.24) is 20.7 Å². The van der Waals surface area contributed by atoms with Gasteiger partial charge in [-0.15, -0.1) is 0 Å². The molecule has 1 saturated carbocycles. The van der Waals surface area contributed by atoms with Crippen LogP contribution in [0.4, 0.5) is 0 Å². The van der Waals surface area contributed by atoms with Crippen LogP contribution in [-0.4, -0.2) is 54.2 Å². The lowest BCUT2D eigenvalue weighted by Gasteiger charge is -2.45. The third kappa shape index (κ3) is 5.18. The van der Waals surface area contributed by atoms with Crippen LogP contribution in [0.2, 0.25) is 0 Å². The van der Waals surface area contributed by atoms with E-state index in [0.717, 1.165) is 52.0 Å². The van der Waals surface area contributed by atoms with Gasteiger partial charge < -0.3 is 10.2 Å². The molecule has 3 fully saturated rings. The first-order valence-electron chi connectivity index (χ1n) is 11.4. The maximum Gasteiger partial charge on any atom is 0.250 e. The quantitative estimate of drug-likeness (QED) is 0.402. The highest BCUT2D eigenvalue weighted by molar-refractivity contribution is 6.29. The number of fused-ring (bicyclic) bond motifs is 1. The SMILES string of the molecule is C=C(Cl)CC(/C=C\C)CC12CC1CN(C(=O)C(=C)CNN1CNCCC1(C)CC)C2. The standard InChI is InChI=1S/C24H39ClN4O/c1-6-8-20(11-19(4)25)12-24-13-21(24)15-28(16-24)22(30)18(3)14-27-29-17-26-10-9-23(29,5)7-2/h6,8,20-21,26-27H,3-4,7,9-17H2,1-2,5H3/b8-6-. The summed E-state index contributed by atoms with van der Waals surface area (Å²) in [5.74, 6) is 1.12. The minimum absolute atomic E-state index is 0.0987. The van der Waals surface area contributed by atoms with Gasteiger partial charge in [0.2, 0.25) is 0 Å². The Balaban J connectivity index is 1.52. The second-order valence-electron chi connectivity index (χ2n) is 9.79. The summed E-state index contributed by atoms with van der Waals surface area (Å²) < 4.78 is 0. The van der Waals surface area contributed by atoms with Crippen LogP contribution in [0.5, 0.6) is 0 Å². The second kappa shape index (κ2) is 9.56. The van der Waals surface area contributed by atoms with Crippen molar-refractivity contribution in [1.29, 1.82) is 0 Å². The summed E-state index contributed by atoms with van der Waals surface area (Å²) >= 11 is 6.08. The molecule has 5 nitrogen and oxygen atoms in total. The molecule has 0 radical (unpaired) electrons. The van der Waals surface area contributed by atoms with E-state index in [2.05, 4.69) is 61.8 Å². The normalized spacial score (nSPS) is 32.3. The summed E-state index contributed by atoms with van der Waals surface area (Å²) in [6.45, 7) is 18.6. The van der Waals surface area contributed by atoms with Gasteiger partial charge >= 0.3 is 0 Å². The van der Waals surface area contributed by atoms with Gasteiger partial charge in [0, 0.05) is 35.8 Å². The Hall–Kier alpha value is -1.14. The van der Waals surface area contributed by atoms with Gasteiger partial charge in [-0.05, 0) is 69.7 Å². The van der Waals surface area contributed by atoms with E-state index in [1.807, 2.05) is 4.90 Å². The molecule has 0 aromatic heterocycles. The number of piperidine rings is 1. The van der Waals surface area contributed by atoms with Gasteiger partial charge in [-0.1, -0.05) is 43.8 Å². The average Bonchev–Trinajstić information content (AvgIpc) is 3.24. The smallest absolute Gasteiger partial charge is 0.250 e. The van der Waals surface area contributed by atoms with Crippen LogP contribution in [0, 0.1) is 17.3 Å². The van der Waals surface area contributed by atoms with E-state index in [0.29, 0.717) is 29.0 Å². The zero-order valence-corrected chi connectivity index (χ0v) is 19.7. The Bertz CT molecular complexity index is 707. The number of hydrogen-bond acceptors (Lipinski definition) is 4. The van der Waals surface area contributed by atoms with Crippen molar-refractivity contribution in [2.24, 2.45) is 17.3 Å². The van der Waals surface area contributed by atoms with Crippen LogP contribution in [-0.2, 0) is 4.79 Å². The highest BCUT2D eigenvalue weighted by Gasteiger charge is 2.60. The summed E-state index contributed by atoms with van der Waals surface area (Å²) in [6.07, 6.45) is 9.61. The van der Waals surface area contributed by atoms with Gasteiger partial charge in [0.15, 0.2) is 0 Å². The molecule has 4 atom stereocenters. The fourth-order valence-corrected chi connectivity index (χ4v) is 5.53. The molecule has 30 heavy (non-hydrogen) atoms. The molecule has 4 unspecified atom stereocenters. The molecule has 168 valence electrons. The molecule has 2 N–H and O–H groups in total. The van der Waals surface area contributed by atoms with E-state index in [1.54, 1.807) is 0 Å². The highest BCUT2D eigenvalue weighted by Crippen LogP contribution is 2.61. The Morgan fingerprint density at radius 3 is 2.87 bits per heavy atom. The lowest BCUT2D eigenvalue weighted by atomic mass is 9.88. The van der Waals surface area contributed by atoms with Crippen molar-refractivity contribution in [3.8, 4) is 0 Å². The number of nitrogens with one attached hydrogen (secondary N) is 2. The van der Waals surface area contributed by atoms with Crippen molar-refractivity contribution in [2.45, 2.75) is 58.4 Å². The number of carbonyl (C=O) groups excluding carboxylic acids is 1. The van der Waals surface area contributed by atoms with Gasteiger partial charge in [0.25, 0.3) is 5.91 Å². The first-order chi connectivity index (χ1) is 14.2. The van der Waals surface area contributed by atoms with E-state index in [9.17, 15) is 4.79 Å². The molecular formula is C24H39ClN4O. The van der Waals surface area contributed by atoms with E-state index in [-0.39, 0.29) is 16.9 Å². The molecule has 1 aliphatic carbocycles. The van der Waals surface area contributed by atoms with Gasteiger partial charge in [0.1, 0.15) is 0 Å². The summed E-state index contributed by atoms with van der Waals surface area (Å²) in [6, 6.07) is 0. The number of allylic oxidation sites excluding steroid dienone is 3. The first-order valence-corrected chi connectivity index (χ1v) is 11.8. The van der Waals surface area contributed by atoms with Gasteiger partial charge in [-0.25, -0.2) is 10.4 Å². The molecule has 2 aliphatic heterocycles. The van der Waals surface area contributed by atoms with Crippen LogP contribution in [0.15, 0.2) is 35.9 Å². The van der Waals surface area contributed by atoms with Crippen LogP contribution in [0.25, 0.3) is 0 Å². The Labute approximate surface area is 187 Å².